The van der Waals surface area contributed by atoms with Crippen LogP contribution in [-0.2, 0) is 4.79 Å². The average Bonchev–Trinajstić information content (AvgIpc) is 2.62. The van der Waals surface area contributed by atoms with E-state index in [4.69, 9.17) is 14.2 Å². The van der Waals surface area contributed by atoms with Gasteiger partial charge in [-0.05, 0) is 56.7 Å². The van der Waals surface area contributed by atoms with E-state index in [-0.39, 0.29) is 11.9 Å². The van der Waals surface area contributed by atoms with Crippen LogP contribution < -0.4 is 19.5 Å². The Morgan fingerprint density at radius 3 is 2.32 bits per heavy atom. The van der Waals surface area contributed by atoms with Crippen molar-refractivity contribution in [3.05, 3.63) is 54.1 Å². The number of carbonyl (C=O) groups excluding carboxylic acids is 1. The molecule has 2 atom stereocenters. The fourth-order valence-corrected chi connectivity index (χ4v) is 2.23. The number of nitrogens with one attached hydrogen (secondary N) is 1. The van der Waals surface area contributed by atoms with Gasteiger partial charge in [-0.1, -0.05) is 18.2 Å². The fraction of sp³-hybridized carbons (Fsp3) is 0.350. The summed E-state index contributed by atoms with van der Waals surface area (Å²) >= 11 is 0. The SMILES string of the molecule is COc1ccc(OC[C@@H](C)NC(=O)[C@H](C)Oc2ccccc2C)cc1. The number of para-hydroxylation sites is 1. The molecule has 0 aliphatic rings. The Morgan fingerprint density at radius 2 is 1.68 bits per heavy atom. The first-order valence-electron chi connectivity index (χ1n) is 8.29. The van der Waals surface area contributed by atoms with Gasteiger partial charge in [-0.25, -0.2) is 0 Å². The summed E-state index contributed by atoms with van der Waals surface area (Å²) in [5.41, 5.74) is 0.998. The van der Waals surface area contributed by atoms with E-state index in [1.807, 2.05) is 62.4 Å². The van der Waals surface area contributed by atoms with E-state index in [2.05, 4.69) is 5.32 Å². The second kappa shape index (κ2) is 8.97. The molecule has 2 rings (SSSR count). The number of carbonyl (C=O) groups is 1. The standard InChI is InChI=1S/C20H25NO4/c1-14-7-5-6-8-19(14)25-16(3)20(22)21-15(2)13-24-18-11-9-17(23-4)10-12-18/h5-12,15-16H,13H2,1-4H3,(H,21,22)/t15-,16+/m1/s1. The number of hydrogen-bond acceptors (Lipinski definition) is 4. The average molecular weight is 343 g/mol. The Balaban J connectivity index is 1.79. The molecule has 0 spiro atoms. The van der Waals surface area contributed by atoms with E-state index in [9.17, 15) is 4.79 Å². The molecule has 134 valence electrons. The van der Waals surface area contributed by atoms with Crippen LogP contribution in [0.1, 0.15) is 19.4 Å². The first kappa shape index (κ1) is 18.6. The summed E-state index contributed by atoms with van der Waals surface area (Å²) in [5.74, 6) is 2.04. The Bertz CT molecular complexity index is 684. The first-order chi connectivity index (χ1) is 12.0. The van der Waals surface area contributed by atoms with E-state index < -0.39 is 6.10 Å². The normalized spacial score (nSPS) is 12.8. The van der Waals surface area contributed by atoms with Gasteiger partial charge in [0.2, 0.25) is 0 Å². The lowest BCUT2D eigenvalue weighted by Crippen LogP contribution is -2.43. The summed E-state index contributed by atoms with van der Waals surface area (Å²) in [5, 5.41) is 2.90. The van der Waals surface area contributed by atoms with Gasteiger partial charge >= 0.3 is 0 Å². The van der Waals surface area contributed by atoms with Crippen molar-refractivity contribution in [1.29, 1.82) is 0 Å². The van der Waals surface area contributed by atoms with Crippen molar-refractivity contribution in [2.24, 2.45) is 0 Å². The number of amides is 1. The molecular formula is C20H25NO4. The van der Waals surface area contributed by atoms with Crippen molar-refractivity contribution in [1.82, 2.24) is 5.32 Å². The molecule has 0 aliphatic carbocycles. The van der Waals surface area contributed by atoms with Gasteiger partial charge in [0, 0.05) is 0 Å². The van der Waals surface area contributed by atoms with Crippen LogP contribution in [0.4, 0.5) is 0 Å². The lowest BCUT2D eigenvalue weighted by molar-refractivity contribution is -0.128. The van der Waals surface area contributed by atoms with Crippen LogP contribution in [0.15, 0.2) is 48.5 Å². The van der Waals surface area contributed by atoms with Crippen LogP contribution in [0.25, 0.3) is 0 Å². The zero-order valence-corrected chi connectivity index (χ0v) is 15.1. The number of rotatable bonds is 8. The highest BCUT2D eigenvalue weighted by Crippen LogP contribution is 2.18. The molecule has 1 amide bonds. The van der Waals surface area contributed by atoms with E-state index in [1.165, 1.54) is 0 Å². The minimum Gasteiger partial charge on any atom is -0.497 e. The fourth-order valence-electron chi connectivity index (χ4n) is 2.23. The molecule has 0 saturated carbocycles. The molecule has 1 N–H and O–H groups in total. The Kier molecular flexibility index (Phi) is 6.69. The van der Waals surface area contributed by atoms with E-state index in [0.717, 1.165) is 17.1 Å². The van der Waals surface area contributed by atoms with Crippen molar-refractivity contribution in [3.8, 4) is 17.2 Å². The van der Waals surface area contributed by atoms with Crippen molar-refractivity contribution in [2.45, 2.75) is 32.9 Å². The van der Waals surface area contributed by atoms with E-state index in [1.54, 1.807) is 14.0 Å². The predicted molar refractivity (Wildman–Crippen MR) is 97.4 cm³/mol. The van der Waals surface area contributed by atoms with E-state index in [0.29, 0.717) is 12.4 Å². The molecule has 0 fully saturated rings. The van der Waals surface area contributed by atoms with Crippen molar-refractivity contribution in [3.63, 3.8) is 0 Å². The second-order valence-electron chi connectivity index (χ2n) is 5.92. The Hall–Kier alpha value is -2.69. The number of methoxy groups -OCH3 is 1. The predicted octanol–water partition coefficient (Wildman–Crippen LogP) is 3.35. The Labute approximate surface area is 148 Å². The lowest BCUT2D eigenvalue weighted by atomic mass is 10.2. The lowest BCUT2D eigenvalue weighted by Gasteiger charge is -2.20. The highest BCUT2D eigenvalue weighted by molar-refractivity contribution is 5.81. The largest absolute Gasteiger partial charge is 0.497 e. The highest BCUT2D eigenvalue weighted by atomic mass is 16.5. The zero-order valence-electron chi connectivity index (χ0n) is 15.1. The molecule has 0 heterocycles. The minimum atomic E-state index is -0.579. The molecule has 5 heteroatoms. The molecule has 0 aromatic heterocycles. The molecule has 0 radical (unpaired) electrons. The van der Waals surface area contributed by atoms with Crippen LogP contribution in [-0.4, -0.2) is 31.8 Å². The van der Waals surface area contributed by atoms with Gasteiger partial charge in [0.05, 0.1) is 13.2 Å². The number of aryl methyl sites for hydroxylation is 1. The third-order valence-electron chi connectivity index (χ3n) is 3.71. The van der Waals surface area contributed by atoms with Crippen LogP contribution in [0.3, 0.4) is 0 Å². The molecule has 0 unspecified atom stereocenters. The van der Waals surface area contributed by atoms with Gasteiger partial charge < -0.3 is 19.5 Å². The van der Waals surface area contributed by atoms with Crippen molar-refractivity contribution >= 4 is 5.91 Å². The maximum absolute atomic E-state index is 12.3. The van der Waals surface area contributed by atoms with Gasteiger partial charge in [-0.15, -0.1) is 0 Å². The summed E-state index contributed by atoms with van der Waals surface area (Å²) < 4.78 is 16.5. The molecule has 25 heavy (non-hydrogen) atoms. The monoisotopic (exact) mass is 343 g/mol. The molecule has 2 aromatic carbocycles. The van der Waals surface area contributed by atoms with Gasteiger partial charge in [0.1, 0.15) is 23.9 Å². The maximum Gasteiger partial charge on any atom is 0.261 e. The van der Waals surface area contributed by atoms with Crippen molar-refractivity contribution in [2.75, 3.05) is 13.7 Å². The van der Waals surface area contributed by atoms with Gasteiger partial charge in [0.25, 0.3) is 5.91 Å². The third-order valence-corrected chi connectivity index (χ3v) is 3.71. The second-order valence-corrected chi connectivity index (χ2v) is 5.92. The summed E-state index contributed by atoms with van der Waals surface area (Å²) in [6, 6.07) is 14.8. The summed E-state index contributed by atoms with van der Waals surface area (Å²) in [6.07, 6.45) is -0.579. The number of benzene rings is 2. The van der Waals surface area contributed by atoms with Crippen LogP contribution in [0, 0.1) is 6.92 Å². The van der Waals surface area contributed by atoms with Crippen LogP contribution >= 0.6 is 0 Å². The molecule has 2 aromatic rings. The minimum absolute atomic E-state index is 0.141. The molecular weight excluding hydrogens is 318 g/mol. The first-order valence-corrected chi connectivity index (χ1v) is 8.29. The molecule has 5 nitrogen and oxygen atoms in total. The van der Waals surface area contributed by atoms with Crippen molar-refractivity contribution < 1.29 is 19.0 Å². The number of ether oxygens (including phenoxy) is 3. The summed E-state index contributed by atoms with van der Waals surface area (Å²) in [6.45, 7) is 5.95. The smallest absolute Gasteiger partial charge is 0.261 e. The maximum atomic E-state index is 12.3. The third kappa shape index (κ3) is 5.71. The molecule has 0 saturated heterocycles. The summed E-state index contributed by atoms with van der Waals surface area (Å²) in [7, 11) is 1.62. The van der Waals surface area contributed by atoms with Gasteiger partial charge in [-0.3, -0.25) is 4.79 Å². The zero-order chi connectivity index (χ0) is 18.2. The molecule has 0 aliphatic heterocycles. The van der Waals surface area contributed by atoms with E-state index >= 15 is 0 Å². The van der Waals surface area contributed by atoms with Crippen LogP contribution in [0.5, 0.6) is 17.2 Å². The topological polar surface area (TPSA) is 56.8 Å². The summed E-state index contributed by atoms with van der Waals surface area (Å²) in [4.78, 5) is 12.3. The quantitative estimate of drug-likeness (QED) is 0.798. The molecule has 0 bridgehead atoms. The van der Waals surface area contributed by atoms with Gasteiger partial charge in [-0.2, -0.15) is 0 Å². The van der Waals surface area contributed by atoms with Crippen LogP contribution in [0.2, 0.25) is 0 Å². The highest BCUT2D eigenvalue weighted by Gasteiger charge is 2.17. The van der Waals surface area contributed by atoms with Gasteiger partial charge in [0.15, 0.2) is 6.10 Å². The Morgan fingerprint density at radius 1 is 1.04 bits per heavy atom. The number of hydrogen-bond donors (Lipinski definition) is 1.